The predicted octanol–water partition coefficient (Wildman–Crippen LogP) is 2.90. The Kier molecular flexibility index (Phi) is 3.69. The zero-order chi connectivity index (χ0) is 10.6. The molecule has 0 aliphatic heterocycles. The number of carboxylic acid groups (broad SMARTS) is 1. The lowest BCUT2D eigenvalue weighted by Crippen LogP contribution is -2.18. The van der Waals surface area contributed by atoms with Crippen molar-refractivity contribution in [3.8, 4) is 0 Å². The van der Waals surface area contributed by atoms with E-state index in [9.17, 15) is 4.79 Å². The maximum absolute atomic E-state index is 11.1. The largest absolute Gasteiger partial charge is 0.481 e. The topological polar surface area (TPSA) is 37.3 Å². The molecular weight excluding hydrogens is 176 g/mol. The Bertz CT molecular complexity index is 292. The van der Waals surface area contributed by atoms with Crippen molar-refractivity contribution >= 4 is 5.97 Å². The predicted molar refractivity (Wildman–Crippen MR) is 56.3 cm³/mol. The van der Waals surface area contributed by atoms with Crippen molar-refractivity contribution in [2.24, 2.45) is 5.92 Å². The first kappa shape index (κ1) is 10.8. The fourth-order valence-electron chi connectivity index (χ4n) is 1.61. The minimum absolute atomic E-state index is 0.176. The molecule has 0 aliphatic carbocycles. The van der Waals surface area contributed by atoms with Gasteiger partial charge in [-0.15, -0.1) is 0 Å². The Hall–Kier alpha value is -1.31. The Balaban J connectivity index is 2.95. The van der Waals surface area contributed by atoms with Crippen molar-refractivity contribution in [2.45, 2.75) is 26.2 Å². The van der Waals surface area contributed by atoms with Crippen molar-refractivity contribution in [3.05, 3.63) is 35.9 Å². The third-order valence-electron chi connectivity index (χ3n) is 2.64. The molecular formula is C12H16O2. The molecule has 0 radical (unpaired) electrons. The van der Waals surface area contributed by atoms with Crippen molar-refractivity contribution in [2.75, 3.05) is 0 Å². The van der Waals surface area contributed by atoms with Gasteiger partial charge >= 0.3 is 5.97 Å². The Morgan fingerprint density at radius 2 is 1.93 bits per heavy atom. The molecule has 1 N–H and O–H groups in total. The Morgan fingerprint density at radius 3 is 2.36 bits per heavy atom. The van der Waals surface area contributed by atoms with E-state index in [1.54, 1.807) is 0 Å². The van der Waals surface area contributed by atoms with Gasteiger partial charge in [-0.2, -0.15) is 0 Å². The SMILES string of the molecule is CCC(C)C(C(=O)O)c1ccccc1. The molecule has 0 aromatic heterocycles. The molecule has 76 valence electrons. The summed E-state index contributed by atoms with van der Waals surface area (Å²) < 4.78 is 0. The van der Waals surface area contributed by atoms with Gasteiger partial charge in [-0.1, -0.05) is 50.6 Å². The molecule has 0 amide bonds. The summed E-state index contributed by atoms with van der Waals surface area (Å²) in [5.74, 6) is -0.929. The molecule has 0 heterocycles. The molecule has 0 fully saturated rings. The van der Waals surface area contributed by atoms with Gasteiger partial charge < -0.3 is 5.11 Å². The van der Waals surface area contributed by atoms with E-state index in [0.717, 1.165) is 12.0 Å². The van der Waals surface area contributed by atoms with Crippen molar-refractivity contribution in [1.29, 1.82) is 0 Å². The van der Waals surface area contributed by atoms with E-state index in [2.05, 4.69) is 0 Å². The summed E-state index contributed by atoms with van der Waals surface area (Å²) in [6.07, 6.45) is 0.881. The highest BCUT2D eigenvalue weighted by Gasteiger charge is 2.24. The van der Waals surface area contributed by atoms with Gasteiger partial charge in [-0.3, -0.25) is 4.79 Å². The maximum atomic E-state index is 11.1. The molecule has 0 bridgehead atoms. The molecule has 2 heteroatoms. The van der Waals surface area contributed by atoms with E-state index in [1.807, 2.05) is 44.2 Å². The third kappa shape index (κ3) is 2.34. The summed E-state index contributed by atoms with van der Waals surface area (Å²) in [5, 5.41) is 9.13. The van der Waals surface area contributed by atoms with Crippen LogP contribution in [0.3, 0.4) is 0 Å². The minimum atomic E-state index is -0.731. The number of carboxylic acids is 1. The molecule has 14 heavy (non-hydrogen) atoms. The van der Waals surface area contributed by atoms with Gasteiger partial charge in [0.15, 0.2) is 0 Å². The number of carbonyl (C=O) groups is 1. The fourth-order valence-corrected chi connectivity index (χ4v) is 1.61. The van der Waals surface area contributed by atoms with Crippen LogP contribution in [0.15, 0.2) is 30.3 Å². The summed E-state index contributed by atoms with van der Waals surface area (Å²) in [4.78, 5) is 11.1. The molecule has 1 aromatic rings. The van der Waals surface area contributed by atoms with E-state index in [0.29, 0.717) is 0 Å². The van der Waals surface area contributed by atoms with Crippen LogP contribution in [0.25, 0.3) is 0 Å². The van der Waals surface area contributed by atoms with Crippen molar-refractivity contribution in [1.82, 2.24) is 0 Å². The number of hydrogen-bond donors (Lipinski definition) is 1. The van der Waals surface area contributed by atoms with Gasteiger partial charge in [0.25, 0.3) is 0 Å². The van der Waals surface area contributed by atoms with Crippen LogP contribution in [0.4, 0.5) is 0 Å². The molecule has 2 unspecified atom stereocenters. The van der Waals surface area contributed by atoms with Crippen LogP contribution in [0.5, 0.6) is 0 Å². The van der Waals surface area contributed by atoms with Gasteiger partial charge in [0.2, 0.25) is 0 Å². The van der Waals surface area contributed by atoms with Crippen molar-refractivity contribution < 1.29 is 9.90 Å². The average molecular weight is 192 g/mol. The second-order valence-corrected chi connectivity index (χ2v) is 3.61. The first-order chi connectivity index (χ1) is 6.66. The highest BCUT2D eigenvalue weighted by atomic mass is 16.4. The molecule has 0 aliphatic rings. The second kappa shape index (κ2) is 4.80. The van der Waals surface area contributed by atoms with Crippen LogP contribution >= 0.6 is 0 Å². The number of aliphatic carboxylic acids is 1. The number of benzene rings is 1. The van der Waals surface area contributed by atoms with E-state index >= 15 is 0 Å². The Labute approximate surface area is 84.6 Å². The number of rotatable bonds is 4. The minimum Gasteiger partial charge on any atom is -0.481 e. The lowest BCUT2D eigenvalue weighted by Gasteiger charge is -2.18. The fraction of sp³-hybridized carbons (Fsp3) is 0.417. The quantitative estimate of drug-likeness (QED) is 0.796. The van der Waals surface area contributed by atoms with Crippen LogP contribution < -0.4 is 0 Å². The monoisotopic (exact) mass is 192 g/mol. The van der Waals surface area contributed by atoms with Gasteiger partial charge in [0, 0.05) is 0 Å². The lowest BCUT2D eigenvalue weighted by atomic mass is 9.86. The molecule has 2 atom stereocenters. The molecule has 0 saturated carbocycles. The first-order valence-corrected chi connectivity index (χ1v) is 4.94. The van der Waals surface area contributed by atoms with E-state index < -0.39 is 5.97 Å². The van der Waals surface area contributed by atoms with Crippen molar-refractivity contribution in [3.63, 3.8) is 0 Å². The van der Waals surface area contributed by atoms with Gasteiger partial charge in [-0.05, 0) is 11.5 Å². The van der Waals surface area contributed by atoms with E-state index in [4.69, 9.17) is 5.11 Å². The van der Waals surface area contributed by atoms with Gasteiger partial charge in [0.1, 0.15) is 0 Å². The summed E-state index contributed by atoms with van der Waals surface area (Å²) in [5.41, 5.74) is 0.898. The second-order valence-electron chi connectivity index (χ2n) is 3.61. The highest BCUT2D eigenvalue weighted by Crippen LogP contribution is 2.26. The first-order valence-electron chi connectivity index (χ1n) is 4.94. The third-order valence-corrected chi connectivity index (χ3v) is 2.64. The zero-order valence-corrected chi connectivity index (χ0v) is 8.60. The standard InChI is InChI=1S/C12H16O2/c1-3-9(2)11(12(13)14)10-7-5-4-6-8-10/h4-9,11H,3H2,1-2H3,(H,13,14). The summed E-state index contributed by atoms with van der Waals surface area (Å²) in [6, 6.07) is 9.43. The highest BCUT2D eigenvalue weighted by molar-refractivity contribution is 5.76. The maximum Gasteiger partial charge on any atom is 0.311 e. The summed E-state index contributed by atoms with van der Waals surface area (Å²) in [6.45, 7) is 4.00. The van der Waals surface area contributed by atoms with Gasteiger partial charge in [0.05, 0.1) is 5.92 Å². The van der Waals surface area contributed by atoms with Crippen LogP contribution in [0.2, 0.25) is 0 Å². The van der Waals surface area contributed by atoms with Crippen LogP contribution in [0.1, 0.15) is 31.7 Å². The summed E-state index contributed by atoms with van der Waals surface area (Å²) in [7, 11) is 0. The van der Waals surface area contributed by atoms with Gasteiger partial charge in [-0.25, -0.2) is 0 Å². The smallest absolute Gasteiger partial charge is 0.311 e. The Morgan fingerprint density at radius 1 is 1.36 bits per heavy atom. The molecule has 0 saturated heterocycles. The van der Waals surface area contributed by atoms with E-state index in [-0.39, 0.29) is 11.8 Å². The number of hydrogen-bond acceptors (Lipinski definition) is 1. The molecule has 1 rings (SSSR count). The zero-order valence-electron chi connectivity index (χ0n) is 8.60. The van der Waals surface area contributed by atoms with E-state index in [1.165, 1.54) is 0 Å². The van der Waals surface area contributed by atoms with Crippen LogP contribution in [-0.4, -0.2) is 11.1 Å². The molecule has 0 spiro atoms. The average Bonchev–Trinajstić information content (AvgIpc) is 2.19. The normalized spacial score (nSPS) is 14.7. The summed E-state index contributed by atoms with van der Waals surface area (Å²) >= 11 is 0. The molecule has 1 aromatic carbocycles. The van der Waals surface area contributed by atoms with Crippen LogP contribution in [-0.2, 0) is 4.79 Å². The van der Waals surface area contributed by atoms with Crippen LogP contribution in [0, 0.1) is 5.92 Å². The lowest BCUT2D eigenvalue weighted by molar-refractivity contribution is -0.140. The molecule has 2 nitrogen and oxygen atoms in total.